The molecule has 9 nitrogen and oxygen atoms in total. The number of nitrogens with zero attached hydrogens (tertiary/aromatic N) is 1. The van der Waals surface area contributed by atoms with Crippen molar-refractivity contribution in [2.75, 3.05) is 26.9 Å². The second-order valence-electron chi connectivity index (χ2n) is 7.26. The van der Waals surface area contributed by atoms with Crippen molar-refractivity contribution in [2.45, 2.75) is 13.8 Å². The van der Waals surface area contributed by atoms with Gasteiger partial charge >= 0.3 is 11.9 Å². The van der Waals surface area contributed by atoms with Crippen molar-refractivity contribution in [3.8, 4) is 11.5 Å². The Morgan fingerprint density at radius 1 is 1.05 bits per heavy atom. The minimum atomic E-state index is -0.817. The van der Waals surface area contributed by atoms with Crippen LogP contribution in [0.5, 0.6) is 11.5 Å². The van der Waals surface area contributed by atoms with Crippen LogP contribution in [0, 0.1) is 0 Å². The van der Waals surface area contributed by atoms with Crippen molar-refractivity contribution in [1.82, 2.24) is 0 Å². The number of esters is 2. The highest BCUT2D eigenvalue weighted by atomic mass is 35.5. The SMILES string of the molecule is CCOC(=O)C1=C(O)/C(=C/c2ccc(OCC(=O)OC)c(OCC)c2)SC1=NC(=O)c1ccccc1Cl. The van der Waals surface area contributed by atoms with Crippen molar-refractivity contribution in [3.05, 3.63) is 74.9 Å². The lowest BCUT2D eigenvalue weighted by Gasteiger charge is -2.12. The molecule has 1 aliphatic heterocycles. The van der Waals surface area contributed by atoms with E-state index >= 15 is 0 Å². The first-order chi connectivity index (χ1) is 17.8. The Bertz CT molecular complexity index is 1300. The standard InChI is InChI=1S/C26H24ClNO8S/c1-4-34-19-12-15(10-11-18(19)36-14-21(29)33-3)13-20-23(30)22(26(32)35-5-2)25(37-20)28-24(31)16-8-6-7-9-17(16)27/h6-13,30H,4-5,14H2,1-3H3/b20-13-,28-25?. The van der Waals surface area contributed by atoms with Gasteiger partial charge in [0, 0.05) is 0 Å². The van der Waals surface area contributed by atoms with Gasteiger partial charge in [-0.1, -0.05) is 41.6 Å². The molecule has 0 bridgehead atoms. The maximum atomic E-state index is 12.8. The molecule has 0 radical (unpaired) electrons. The molecule has 0 unspecified atom stereocenters. The molecule has 1 aliphatic rings. The molecule has 2 aromatic carbocycles. The Morgan fingerprint density at radius 2 is 1.81 bits per heavy atom. The Morgan fingerprint density at radius 3 is 2.49 bits per heavy atom. The Labute approximate surface area is 222 Å². The van der Waals surface area contributed by atoms with E-state index in [-0.39, 0.29) is 45.1 Å². The smallest absolute Gasteiger partial charge is 0.344 e. The quantitative estimate of drug-likeness (QED) is 0.434. The van der Waals surface area contributed by atoms with Crippen molar-refractivity contribution < 1.29 is 38.4 Å². The van der Waals surface area contributed by atoms with E-state index in [2.05, 4.69) is 9.73 Å². The first-order valence-corrected chi connectivity index (χ1v) is 12.3. The van der Waals surface area contributed by atoms with Crippen LogP contribution in [0.3, 0.4) is 0 Å². The zero-order valence-electron chi connectivity index (χ0n) is 20.3. The Hall–Kier alpha value is -3.76. The highest BCUT2D eigenvalue weighted by molar-refractivity contribution is 8.18. The fraction of sp³-hybridized carbons (Fsp3) is 0.231. The number of aliphatic imine (C=N–C) groups is 1. The zero-order valence-corrected chi connectivity index (χ0v) is 21.9. The summed E-state index contributed by atoms with van der Waals surface area (Å²) in [5, 5.41) is 11.1. The predicted octanol–water partition coefficient (Wildman–Crippen LogP) is 4.99. The van der Waals surface area contributed by atoms with Crippen molar-refractivity contribution in [3.63, 3.8) is 0 Å². The number of amides is 1. The average Bonchev–Trinajstić information content (AvgIpc) is 3.17. The van der Waals surface area contributed by atoms with Crippen LogP contribution in [-0.4, -0.2) is 54.9 Å². The van der Waals surface area contributed by atoms with E-state index < -0.39 is 17.8 Å². The molecule has 1 amide bonds. The molecule has 0 atom stereocenters. The van der Waals surface area contributed by atoms with E-state index in [9.17, 15) is 19.5 Å². The maximum Gasteiger partial charge on any atom is 0.344 e. The molecule has 0 fully saturated rings. The number of hydrogen-bond acceptors (Lipinski definition) is 9. The number of carbonyl (C=O) groups excluding carboxylic acids is 3. The first-order valence-electron chi connectivity index (χ1n) is 11.1. The van der Waals surface area contributed by atoms with Gasteiger partial charge in [0.15, 0.2) is 18.1 Å². The average molecular weight is 546 g/mol. The van der Waals surface area contributed by atoms with Gasteiger partial charge < -0.3 is 24.1 Å². The molecule has 0 saturated heterocycles. The maximum absolute atomic E-state index is 12.8. The molecule has 194 valence electrons. The first kappa shape index (κ1) is 27.8. The molecule has 1 heterocycles. The fourth-order valence-corrected chi connectivity index (χ4v) is 4.36. The Kier molecular flexibility index (Phi) is 9.76. The minimum absolute atomic E-state index is 0.0183. The molecule has 1 N–H and O–H groups in total. The van der Waals surface area contributed by atoms with Crippen LogP contribution in [0.2, 0.25) is 5.02 Å². The van der Waals surface area contributed by atoms with E-state index in [1.54, 1.807) is 56.3 Å². The summed E-state index contributed by atoms with van der Waals surface area (Å²) in [4.78, 5) is 41.1. The lowest BCUT2D eigenvalue weighted by atomic mass is 10.1. The van der Waals surface area contributed by atoms with E-state index in [0.717, 1.165) is 11.8 Å². The van der Waals surface area contributed by atoms with Gasteiger partial charge in [-0.3, -0.25) is 4.79 Å². The van der Waals surface area contributed by atoms with Crippen LogP contribution in [0.4, 0.5) is 0 Å². The molecule has 0 aliphatic carbocycles. The lowest BCUT2D eigenvalue weighted by molar-refractivity contribution is -0.143. The second kappa shape index (κ2) is 13.0. The van der Waals surface area contributed by atoms with Gasteiger partial charge in [0.05, 0.1) is 35.8 Å². The normalized spacial score (nSPS) is 15.1. The summed E-state index contributed by atoms with van der Waals surface area (Å²) in [6, 6.07) is 11.3. The van der Waals surface area contributed by atoms with Gasteiger partial charge in [-0.05, 0) is 49.8 Å². The summed E-state index contributed by atoms with van der Waals surface area (Å²) in [6.45, 7) is 3.52. The van der Waals surface area contributed by atoms with E-state index in [4.69, 9.17) is 25.8 Å². The number of halogens is 1. The van der Waals surface area contributed by atoms with Gasteiger partial charge in [-0.25, -0.2) is 14.6 Å². The van der Waals surface area contributed by atoms with Gasteiger partial charge in [-0.2, -0.15) is 0 Å². The van der Waals surface area contributed by atoms with Gasteiger partial charge in [0.25, 0.3) is 5.91 Å². The number of benzene rings is 2. The van der Waals surface area contributed by atoms with E-state index in [0.29, 0.717) is 23.7 Å². The molecular formula is C26H24ClNO8S. The van der Waals surface area contributed by atoms with E-state index in [1.807, 2.05) is 0 Å². The molecule has 0 spiro atoms. The predicted molar refractivity (Wildman–Crippen MR) is 140 cm³/mol. The number of aliphatic hydroxyl groups is 1. The second-order valence-corrected chi connectivity index (χ2v) is 8.70. The molecule has 37 heavy (non-hydrogen) atoms. The molecule has 11 heteroatoms. The van der Waals surface area contributed by atoms with Crippen LogP contribution in [0.25, 0.3) is 6.08 Å². The number of methoxy groups -OCH3 is 1. The van der Waals surface area contributed by atoms with Crippen molar-refractivity contribution >= 4 is 52.3 Å². The zero-order chi connectivity index (χ0) is 26.9. The van der Waals surface area contributed by atoms with Gasteiger partial charge in [0.2, 0.25) is 0 Å². The van der Waals surface area contributed by atoms with E-state index in [1.165, 1.54) is 13.2 Å². The summed E-state index contributed by atoms with van der Waals surface area (Å²) in [6.07, 6.45) is 1.59. The molecule has 3 rings (SSSR count). The van der Waals surface area contributed by atoms with Crippen LogP contribution in [0.1, 0.15) is 29.8 Å². The summed E-state index contributed by atoms with van der Waals surface area (Å²) < 4.78 is 20.7. The number of hydrogen-bond donors (Lipinski definition) is 1. The molecule has 2 aromatic rings. The molecule has 0 saturated carbocycles. The third kappa shape index (κ3) is 6.93. The monoisotopic (exact) mass is 545 g/mol. The van der Waals surface area contributed by atoms with Crippen LogP contribution < -0.4 is 9.47 Å². The fourth-order valence-electron chi connectivity index (χ4n) is 3.13. The third-order valence-corrected chi connectivity index (χ3v) is 6.17. The van der Waals surface area contributed by atoms with Crippen LogP contribution in [0.15, 0.2) is 63.7 Å². The number of rotatable bonds is 9. The molecule has 0 aromatic heterocycles. The van der Waals surface area contributed by atoms with Gasteiger partial charge in [0.1, 0.15) is 16.4 Å². The summed E-state index contributed by atoms with van der Waals surface area (Å²) in [7, 11) is 1.26. The summed E-state index contributed by atoms with van der Waals surface area (Å²) in [5.41, 5.74) is 0.521. The van der Waals surface area contributed by atoms with Crippen LogP contribution >= 0.6 is 23.4 Å². The van der Waals surface area contributed by atoms with Gasteiger partial charge in [-0.15, -0.1) is 0 Å². The number of thioether (sulfide) groups is 1. The topological polar surface area (TPSA) is 121 Å². The number of carbonyl (C=O) groups is 3. The minimum Gasteiger partial charge on any atom is -0.506 e. The van der Waals surface area contributed by atoms with Crippen molar-refractivity contribution in [2.24, 2.45) is 4.99 Å². The third-order valence-electron chi connectivity index (χ3n) is 4.82. The highest BCUT2D eigenvalue weighted by Crippen LogP contribution is 2.40. The Balaban J connectivity index is 1.98. The molecular weight excluding hydrogens is 522 g/mol. The number of aliphatic hydroxyl groups excluding tert-OH is 1. The summed E-state index contributed by atoms with van der Waals surface area (Å²) >= 11 is 7.04. The van der Waals surface area contributed by atoms with Crippen LogP contribution in [-0.2, 0) is 19.1 Å². The highest BCUT2D eigenvalue weighted by Gasteiger charge is 2.34. The number of ether oxygens (including phenoxy) is 4. The van der Waals surface area contributed by atoms with Crippen molar-refractivity contribution in [1.29, 1.82) is 0 Å². The largest absolute Gasteiger partial charge is 0.506 e. The lowest BCUT2D eigenvalue weighted by Crippen LogP contribution is -2.14. The summed E-state index contributed by atoms with van der Waals surface area (Å²) in [5.74, 6) is -1.72.